The molecular formula is C23H21Cl2N3O3S. The summed E-state index contributed by atoms with van der Waals surface area (Å²) in [6, 6.07) is 20.1. The Morgan fingerprint density at radius 3 is 2.19 bits per heavy atom. The van der Waals surface area contributed by atoms with Gasteiger partial charge in [-0.3, -0.25) is 9.52 Å². The Balaban J connectivity index is 1.49. The Hall–Kier alpha value is -2.74. The predicted molar refractivity (Wildman–Crippen MR) is 128 cm³/mol. The minimum absolute atomic E-state index is 0.0688. The average Bonchev–Trinajstić information content (AvgIpc) is 2.79. The number of nitrogens with zero attached hydrogens (tertiary/aromatic N) is 2. The normalized spacial score (nSPS) is 14.3. The van der Waals surface area contributed by atoms with Crippen LogP contribution >= 0.6 is 23.2 Å². The molecule has 4 rings (SSSR count). The molecule has 3 aromatic rings. The number of hydrogen-bond donors (Lipinski definition) is 1. The molecule has 1 amide bonds. The fourth-order valence-corrected chi connectivity index (χ4v) is 4.98. The molecular weight excluding hydrogens is 469 g/mol. The molecule has 1 heterocycles. The van der Waals surface area contributed by atoms with Crippen molar-refractivity contribution < 1.29 is 13.2 Å². The first-order valence-corrected chi connectivity index (χ1v) is 12.2. The van der Waals surface area contributed by atoms with Gasteiger partial charge in [-0.1, -0.05) is 41.4 Å². The first kappa shape index (κ1) is 22.5. The summed E-state index contributed by atoms with van der Waals surface area (Å²) in [5, 5.41) is 1.11. The topological polar surface area (TPSA) is 69.7 Å². The van der Waals surface area contributed by atoms with Gasteiger partial charge in [0.15, 0.2) is 0 Å². The summed E-state index contributed by atoms with van der Waals surface area (Å²) in [5.74, 6) is -0.217. The van der Waals surface area contributed by atoms with E-state index < -0.39 is 10.0 Å². The standard InChI is InChI=1S/C23H21Cl2N3O3S/c24-17-8-10-20(11-9-17)32(30,31)26-22-7-2-1-6-21(22)23(29)28-14-12-27(13-15-28)19-5-3-4-18(25)16-19/h1-11,16,26H,12-15H2. The highest BCUT2D eigenvalue weighted by atomic mass is 35.5. The van der Waals surface area contributed by atoms with Gasteiger partial charge in [0.2, 0.25) is 0 Å². The Labute approximate surface area is 197 Å². The maximum Gasteiger partial charge on any atom is 0.261 e. The number of carbonyl (C=O) groups is 1. The Morgan fingerprint density at radius 1 is 0.812 bits per heavy atom. The minimum Gasteiger partial charge on any atom is -0.368 e. The van der Waals surface area contributed by atoms with E-state index in [0.29, 0.717) is 41.8 Å². The molecule has 0 aliphatic carbocycles. The van der Waals surface area contributed by atoms with E-state index in [4.69, 9.17) is 23.2 Å². The summed E-state index contributed by atoms with van der Waals surface area (Å²) in [7, 11) is -3.87. The zero-order valence-corrected chi connectivity index (χ0v) is 19.4. The number of anilines is 2. The van der Waals surface area contributed by atoms with Crippen LogP contribution in [0.25, 0.3) is 0 Å². The molecule has 166 valence electrons. The molecule has 0 radical (unpaired) electrons. The lowest BCUT2D eigenvalue weighted by Crippen LogP contribution is -2.49. The van der Waals surface area contributed by atoms with Crippen LogP contribution in [-0.4, -0.2) is 45.4 Å². The van der Waals surface area contributed by atoms with Crippen molar-refractivity contribution in [1.82, 2.24) is 4.90 Å². The van der Waals surface area contributed by atoms with Crippen molar-refractivity contribution in [2.45, 2.75) is 4.90 Å². The van der Waals surface area contributed by atoms with Crippen LogP contribution in [0.15, 0.2) is 77.7 Å². The van der Waals surface area contributed by atoms with Gasteiger partial charge in [0.25, 0.3) is 15.9 Å². The number of piperazine rings is 1. The SMILES string of the molecule is O=C(c1ccccc1NS(=O)(=O)c1ccc(Cl)cc1)N1CCN(c2cccc(Cl)c2)CC1. The highest BCUT2D eigenvalue weighted by Crippen LogP contribution is 2.25. The number of hydrogen-bond acceptors (Lipinski definition) is 4. The summed E-state index contributed by atoms with van der Waals surface area (Å²) >= 11 is 11.9. The van der Waals surface area contributed by atoms with Crippen molar-refractivity contribution >= 4 is 50.5 Å². The second-order valence-electron chi connectivity index (χ2n) is 7.36. The number of rotatable bonds is 5. The number of halogens is 2. The van der Waals surface area contributed by atoms with Crippen LogP contribution in [0.3, 0.4) is 0 Å². The van der Waals surface area contributed by atoms with Crippen molar-refractivity contribution in [2.24, 2.45) is 0 Å². The fraction of sp³-hybridized carbons (Fsp3) is 0.174. The number of nitrogens with one attached hydrogen (secondary N) is 1. The molecule has 32 heavy (non-hydrogen) atoms. The molecule has 0 bridgehead atoms. The van der Waals surface area contributed by atoms with E-state index in [1.54, 1.807) is 29.2 Å². The zero-order valence-electron chi connectivity index (χ0n) is 17.0. The molecule has 1 saturated heterocycles. The third kappa shape index (κ3) is 5.01. The lowest BCUT2D eigenvalue weighted by atomic mass is 10.1. The fourth-order valence-electron chi connectivity index (χ4n) is 3.59. The second-order valence-corrected chi connectivity index (χ2v) is 9.92. The summed E-state index contributed by atoms with van der Waals surface area (Å²) in [5.41, 5.74) is 1.56. The molecule has 0 unspecified atom stereocenters. The van der Waals surface area contributed by atoms with Crippen molar-refractivity contribution in [2.75, 3.05) is 35.8 Å². The van der Waals surface area contributed by atoms with Gasteiger partial charge in [-0.05, 0) is 54.6 Å². The van der Waals surface area contributed by atoms with Gasteiger partial charge in [-0.2, -0.15) is 0 Å². The van der Waals surface area contributed by atoms with Crippen molar-refractivity contribution in [1.29, 1.82) is 0 Å². The van der Waals surface area contributed by atoms with Crippen LogP contribution in [0.5, 0.6) is 0 Å². The van der Waals surface area contributed by atoms with Crippen LogP contribution in [0, 0.1) is 0 Å². The highest BCUT2D eigenvalue weighted by molar-refractivity contribution is 7.92. The van der Waals surface area contributed by atoms with E-state index in [0.717, 1.165) is 5.69 Å². The van der Waals surface area contributed by atoms with Crippen molar-refractivity contribution in [3.05, 3.63) is 88.4 Å². The molecule has 9 heteroatoms. The van der Waals surface area contributed by atoms with Crippen molar-refractivity contribution in [3.8, 4) is 0 Å². The van der Waals surface area contributed by atoms with Crippen LogP contribution in [0.1, 0.15) is 10.4 Å². The van der Waals surface area contributed by atoms with Crippen LogP contribution < -0.4 is 9.62 Å². The smallest absolute Gasteiger partial charge is 0.261 e. The van der Waals surface area contributed by atoms with Crippen LogP contribution in [0.2, 0.25) is 10.0 Å². The maximum atomic E-state index is 13.2. The number of sulfonamides is 1. The van der Waals surface area contributed by atoms with Gasteiger partial charge in [-0.25, -0.2) is 8.42 Å². The van der Waals surface area contributed by atoms with Crippen LogP contribution in [-0.2, 0) is 10.0 Å². The molecule has 0 atom stereocenters. The Kier molecular flexibility index (Phi) is 6.60. The summed E-state index contributed by atoms with van der Waals surface area (Å²) in [4.78, 5) is 17.2. The molecule has 0 saturated carbocycles. The maximum absolute atomic E-state index is 13.2. The molecule has 6 nitrogen and oxygen atoms in total. The Bertz CT molecular complexity index is 1230. The predicted octanol–water partition coefficient (Wildman–Crippen LogP) is 4.76. The second kappa shape index (κ2) is 9.40. The van der Waals surface area contributed by atoms with E-state index in [1.165, 1.54) is 24.3 Å². The molecule has 1 fully saturated rings. The quantitative estimate of drug-likeness (QED) is 0.560. The molecule has 3 aromatic carbocycles. The van der Waals surface area contributed by atoms with Gasteiger partial charge in [0.05, 0.1) is 16.1 Å². The summed E-state index contributed by atoms with van der Waals surface area (Å²) in [6.07, 6.45) is 0. The van der Waals surface area contributed by atoms with Gasteiger partial charge in [0.1, 0.15) is 0 Å². The number of carbonyl (C=O) groups excluding carboxylic acids is 1. The summed E-state index contributed by atoms with van der Waals surface area (Å²) < 4.78 is 28.1. The van der Waals surface area contributed by atoms with E-state index in [9.17, 15) is 13.2 Å². The van der Waals surface area contributed by atoms with Gasteiger partial charge >= 0.3 is 0 Å². The monoisotopic (exact) mass is 489 g/mol. The molecule has 1 aliphatic rings. The number of para-hydroxylation sites is 1. The molecule has 0 aromatic heterocycles. The molecule has 1 N–H and O–H groups in total. The van der Waals surface area contributed by atoms with Gasteiger partial charge in [0, 0.05) is 41.9 Å². The lowest BCUT2D eigenvalue weighted by molar-refractivity contribution is 0.0748. The Morgan fingerprint density at radius 2 is 1.50 bits per heavy atom. The number of benzene rings is 3. The van der Waals surface area contributed by atoms with Crippen molar-refractivity contribution in [3.63, 3.8) is 0 Å². The van der Waals surface area contributed by atoms with E-state index in [-0.39, 0.29) is 16.5 Å². The summed E-state index contributed by atoms with van der Waals surface area (Å²) in [6.45, 7) is 2.35. The largest absolute Gasteiger partial charge is 0.368 e. The van der Waals surface area contributed by atoms with E-state index >= 15 is 0 Å². The van der Waals surface area contributed by atoms with Gasteiger partial charge < -0.3 is 9.80 Å². The van der Waals surface area contributed by atoms with E-state index in [2.05, 4.69) is 9.62 Å². The van der Waals surface area contributed by atoms with Crippen LogP contribution in [0.4, 0.5) is 11.4 Å². The highest BCUT2D eigenvalue weighted by Gasteiger charge is 2.25. The average molecular weight is 490 g/mol. The molecule has 1 aliphatic heterocycles. The van der Waals surface area contributed by atoms with E-state index in [1.807, 2.05) is 24.3 Å². The van der Waals surface area contributed by atoms with Gasteiger partial charge in [-0.15, -0.1) is 0 Å². The number of amides is 1. The minimum atomic E-state index is -3.87. The first-order chi connectivity index (χ1) is 15.3. The zero-order chi connectivity index (χ0) is 22.7. The lowest BCUT2D eigenvalue weighted by Gasteiger charge is -2.36. The third-order valence-corrected chi connectivity index (χ3v) is 7.13. The first-order valence-electron chi connectivity index (χ1n) is 10.0. The molecule has 0 spiro atoms. The third-order valence-electron chi connectivity index (χ3n) is 5.27.